The number of hydrogen-bond acceptors (Lipinski definition) is 2. The molecule has 0 N–H and O–H groups in total. The van der Waals surface area contributed by atoms with Gasteiger partial charge in [0, 0.05) is 10.8 Å². The molecule has 0 radical (unpaired) electrons. The molecule has 0 aliphatic carbocycles. The van der Waals surface area contributed by atoms with Crippen LogP contribution in [0.2, 0.25) is 10.3 Å². The van der Waals surface area contributed by atoms with E-state index in [9.17, 15) is 0 Å². The largest absolute Gasteiger partial charge is 0.160 e. The summed E-state index contributed by atoms with van der Waals surface area (Å²) in [5.41, 5.74) is 2.09. The zero-order valence-corrected chi connectivity index (χ0v) is 10.8. The van der Waals surface area contributed by atoms with Crippen LogP contribution in [0.25, 0.3) is 21.9 Å². The summed E-state index contributed by atoms with van der Waals surface area (Å²) in [5.74, 6) is 0. The highest BCUT2D eigenvalue weighted by Gasteiger charge is 2.11. The molecule has 88 valence electrons. The molecular formula is C14H8Cl2N2. The Labute approximate surface area is 114 Å². The topological polar surface area (TPSA) is 25.8 Å². The molecule has 0 bridgehead atoms. The lowest BCUT2D eigenvalue weighted by Crippen LogP contribution is -1.89. The van der Waals surface area contributed by atoms with Crippen LogP contribution in [0.5, 0.6) is 0 Å². The van der Waals surface area contributed by atoms with Crippen molar-refractivity contribution in [2.75, 3.05) is 0 Å². The van der Waals surface area contributed by atoms with Gasteiger partial charge in [-0.05, 0) is 11.1 Å². The van der Waals surface area contributed by atoms with E-state index < -0.39 is 0 Å². The van der Waals surface area contributed by atoms with Crippen LogP contribution in [0.15, 0.2) is 48.5 Å². The third kappa shape index (κ3) is 1.84. The number of hydrogen-bond donors (Lipinski definition) is 0. The van der Waals surface area contributed by atoms with Gasteiger partial charge in [0.2, 0.25) is 0 Å². The van der Waals surface area contributed by atoms with Gasteiger partial charge in [0.15, 0.2) is 10.3 Å². The Hall–Kier alpha value is -1.64. The normalized spacial score (nSPS) is 10.8. The SMILES string of the molecule is Clc1nnc(Cl)c2c(-c3ccccc3)cccc12. The standard InChI is InChI=1S/C14H8Cl2N2/c15-13-11-8-4-7-10(9-5-2-1-3-6-9)12(11)14(16)18-17-13/h1-8H. The Morgan fingerprint density at radius 1 is 0.722 bits per heavy atom. The van der Waals surface area contributed by atoms with E-state index >= 15 is 0 Å². The molecular weight excluding hydrogens is 267 g/mol. The molecule has 1 heterocycles. The van der Waals surface area contributed by atoms with Crippen LogP contribution in [0.4, 0.5) is 0 Å². The molecule has 18 heavy (non-hydrogen) atoms. The minimum atomic E-state index is 0.368. The second kappa shape index (κ2) is 4.56. The number of benzene rings is 2. The summed E-state index contributed by atoms with van der Waals surface area (Å²) in [6, 6.07) is 15.8. The van der Waals surface area contributed by atoms with E-state index in [4.69, 9.17) is 23.2 Å². The zero-order chi connectivity index (χ0) is 12.5. The van der Waals surface area contributed by atoms with Gasteiger partial charge >= 0.3 is 0 Å². The first-order chi connectivity index (χ1) is 8.77. The van der Waals surface area contributed by atoms with Crippen molar-refractivity contribution in [1.82, 2.24) is 10.2 Å². The molecule has 4 heteroatoms. The first kappa shape index (κ1) is 11.5. The second-order valence-corrected chi connectivity index (χ2v) is 4.59. The number of rotatable bonds is 1. The Balaban J connectivity index is 2.41. The summed E-state index contributed by atoms with van der Waals surface area (Å²) in [4.78, 5) is 0. The molecule has 0 amide bonds. The molecule has 0 unspecified atom stereocenters. The predicted octanol–water partition coefficient (Wildman–Crippen LogP) is 4.60. The van der Waals surface area contributed by atoms with Crippen molar-refractivity contribution in [3.63, 3.8) is 0 Å². The monoisotopic (exact) mass is 274 g/mol. The first-order valence-corrected chi connectivity index (χ1v) is 6.19. The van der Waals surface area contributed by atoms with Crippen LogP contribution in [0.3, 0.4) is 0 Å². The Kier molecular flexibility index (Phi) is 2.90. The Morgan fingerprint density at radius 3 is 2.22 bits per heavy atom. The Bertz CT molecular complexity index is 712. The fourth-order valence-corrected chi connectivity index (χ4v) is 2.43. The lowest BCUT2D eigenvalue weighted by atomic mass is 10.0. The van der Waals surface area contributed by atoms with Crippen LogP contribution in [0.1, 0.15) is 0 Å². The maximum atomic E-state index is 6.15. The van der Waals surface area contributed by atoms with Gasteiger partial charge in [-0.2, -0.15) is 0 Å². The van der Waals surface area contributed by atoms with Crippen LogP contribution < -0.4 is 0 Å². The molecule has 1 aromatic heterocycles. The van der Waals surface area contributed by atoms with Crippen LogP contribution >= 0.6 is 23.2 Å². The van der Waals surface area contributed by atoms with Gasteiger partial charge in [0.25, 0.3) is 0 Å². The van der Waals surface area contributed by atoms with Crippen molar-refractivity contribution in [2.24, 2.45) is 0 Å². The van der Waals surface area contributed by atoms with Crippen LogP contribution in [0, 0.1) is 0 Å². The van der Waals surface area contributed by atoms with Gasteiger partial charge in [0.1, 0.15) is 0 Å². The predicted molar refractivity (Wildman–Crippen MR) is 75.0 cm³/mol. The molecule has 0 fully saturated rings. The molecule has 0 spiro atoms. The summed E-state index contributed by atoms with van der Waals surface area (Å²) < 4.78 is 0. The van der Waals surface area contributed by atoms with Crippen molar-refractivity contribution in [1.29, 1.82) is 0 Å². The Morgan fingerprint density at radius 2 is 1.44 bits per heavy atom. The molecule has 2 nitrogen and oxygen atoms in total. The maximum absolute atomic E-state index is 6.15. The highest BCUT2D eigenvalue weighted by molar-refractivity contribution is 6.39. The van der Waals surface area contributed by atoms with Gasteiger partial charge in [-0.25, -0.2) is 0 Å². The molecule has 0 aliphatic heterocycles. The average molecular weight is 275 g/mol. The van der Waals surface area contributed by atoms with E-state index in [0.717, 1.165) is 21.9 Å². The lowest BCUT2D eigenvalue weighted by Gasteiger charge is -2.08. The fraction of sp³-hybridized carbons (Fsp3) is 0. The van der Waals surface area contributed by atoms with Crippen LogP contribution in [-0.4, -0.2) is 10.2 Å². The molecule has 3 aromatic rings. The third-order valence-corrected chi connectivity index (χ3v) is 3.35. The van der Waals surface area contributed by atoms with Gasteiger partial charge in [-0.1, -0.05) is 71.7 Å². The molecule has 0 atom stereocenters. The first-order valence-electron chi connectivity index (χ1n) is 5.43. The van der Waals surface area contributed by atoms with E-state index in [-0.39, 0.29) is 0 Å². The van der Waals surface area contributed by atoms with Crippen molar-refractivity contribution < 1.29 is 0 Å². The van der Waals surface area contributed by atoms with E-state index in [1.165, 1.54) is 0 Å². The summed E-state index contributed by atoms with van der Waals surface area (Å²) in [6.07, 6.45) is 0. The van der Waals surface area contributed by atoms with E-state index in [1.807, 2.05) is 48.5 Å². The smallest absolute Gasteiger partial charge is 0.136 e. The minimum absolute atomic E-state index is 0.368. The number of nitrogens with zero attached hydrogens (tertiary/aromatic N) is 2. The third-order valence-electron chi connectivity index (χ3n) is 2.80. The molecule has 3 rings (SSSR count). The summed E-state index contributed by atoms with van der Waals surface area (Å²) in [6.45, 7) is 0. The van der Waals surface area contributed by atoms with E-state index in [2.05, 4.69) is 10.2 Å². The summed E-state index contributed by atoms with van der Waals surface area (Å²) in [7, 11) is 0. The van der Waals surface area contributed by atoms with Gasteiger partial charge in [0.05, 0.1) is 0 Å². The van der Waals surface area contributed by atoms with Crippen molar-refractivity contribution in [3.8, 4) is 11.1 Å². The van der Waals surface area contributed by atoms with Crippen molar-refractivity contribution in [2.45, 2.75) is 0 Å². The molecule has 2 aromatic carbocycles. The summed E-state index contributed by atoms with van der Waals surface area (Å²) in [5, 5.41) is 10.1. The highest BCUT2D eigenvalue weighted by Crippen LogP contribution is 2.34. The second-order valence-electron chi connectivity index (χ2n) is 3.88. The van der Waals surface area contributed by atoms with Crippen LogP contribution in [-0.2, 0) is 0 Å². The minimum Gasteiger partial charge on any atom is -0.136 e. The summed E-state index contributed by atoms with van der Waals surface area (Å²) >= 11 is 12.2. The van der Waals surface area contributed by atoms with Gasteiger partial charge in [-0.3, -0.25) is 0 Å². The zero-order valence-electron chi connectivity index (χ0n) is 9.27. The number of halogens is 2. The lowest BCUT2D eigenvalue weighted by molar-refractivity contribution is 1.05. The maximum Gasteiger partial charge on any atom is 0.160 e. The van der Waals surface area contributed by atoms with E-state index in [0.29, 0.717) is 10.3 Å². The molecule has 0 saturated heterocycles. The average Bonchev–Trinajstić information content (AvgIpc) is 2.43. The van der Waals surface area contributed by atoms with E-state index in [1.54, 1.807) is 0 Å². The van der Waals surface area contributed by atoms with Crippen molar-refractivity contribution >= 4 is 34.0 Å². The number of fused-ring (bicyclic) bond motifs is 1. The molecule has 0 aliphatic rings. The molecule has 0 saturated carbocycles. The number of aromatic nitrogens is 2. The van der Waals surface area contributed by atoms with Gasteiger partial charge in [-0.15, -0.1) is 10.2 Å². The van der Waals surface area contributed by atoms with Crippen molar-refractivity contribution in [3.05, 3.63) is 58.8 Å². The quantitative estimate of drug-likeness (QED) is 0.648. The van der Waals surface area contributed by atoms with Gasteiger partial charge < -0.3 is 0 Å². The fourth-order valence-electron chi connectivity index (χ4n) is 2.00. The highest BCUT2D eigenvalue weighted by atomic mass is 35.5.